The van der Waals surface area contributed by atoms with Crippen molar-refractivity contribution < 1.29 is 41.0 Å². The first kappa shape index (κ1) is 35.6. The molecule has 2 aliphatic heterocycles. The predicted molar refractivity (Wildman–Crippen MR) is 164 cm³/mol. The van der Waals surface area contributed by atoms with Gasteiger partial charge in [0, 0.05) is 49.6 Å². The highest BCUT2D eigenvalue weighted by Crippen LogP contribution is 2.50. The average molecular weight is 657 g/mol. The number of anilines is 1. The summed E-state index contributed by atoms with van der Waals surface area (Å²) in [6, 6.07) is 9.87. The van der Waals surface area contributed by atoms with Crippen molar-refractivity contribution in [2.75, 3.05) is 37.7 Å². The summed E-state index contributed by atoms with van der Waals surface area (Å²) >= 11 is 0. The Kier molecular flexibility index (Phi) is 10.1. The number of piperazine rings is 1. The van der Waals surface area contributed by atoms with Crippen molar-refractivity contribution in [3.8, 4) is 5.75 Å². The number of hydrogen-bond acceptors (Lipinski definition) is 6. The molecule has 0 saturated carbocycles. The molecule has 2 heterocycles. The van der Waals surface area contributed by atoms with Gasteiger partial charge in [0.2, 0.25) is 5.91 Å². The highest BCUT2D eigenvalue weighted by Gasteiger charge is 2.71. The third kappa shape index (κ3) is 7.01. The van der Waals surface area contributed by atoms with E-state index in [1.807, 2.05) is 61.8 Å². The molecule has 0 spiro atoms. The molecule has 2 N–H and O–H groups in total. The first-order chi connectivity index (χ1) is 21.3. The zero-order valence-corrected chi connectivity index (χ0v) is 26.8. The van der Waals surface area contributed by atoms with Crippen molar-refractivity contribution in [1.82, 2.24) is 15.1 Å². The Morgan fingerprint density at radius 3 is 2.24 bits per heavy atom. The van der Waals surface area contributed by atoms with Gasteiger partial charge in [0.1, 0.15) is 5.75 Å². The van der Waals surface area contributed by atoms with Gasteiger partial charge in [-0.1, -0.05) is 30.4 Å². The van der Waals surface area contributed by atoms with Crippen molar-refractivity contribution in [3.63, 3.8) is 0 Å². The van der Waals surface area contributed by atoms with Gasteiger partial charge in [-0.05, 0) is 76.9 Å². The molecule has 0 bridgehead atoms. The Balaban J connectivity index is 1.47. The van der Waals surface area contributed by atoms with Crippen molar-refractivity contribution in [2.45, 2.75) is 83.2 Å². The number of carbonyl (C=O) groups excluding carboxylic acids is 1. The first-order valence-corrected chi connectivity index (χ1v) is 15.2. The highest BCUT2D eigenvalue weighted by molar-refractivity contribution is 5.79. The maximum absolute atomic E-state index is 13.6. The molecule has 0 aliphatic carbocycles. The van der Waals surface area contributed by atoms with Crippen molar-refractivity contribution in [3.05, 3.63) is 65.2 Å². The molecule has 2 aliphatic rings. The van der Waals surface area contributed by atoms with Crippen molar-refractivity contribution >= 4 is 17.7 Å². The summed E-state index contributed by atoms with van der Waals surface area (Å²) in [7, 11) is 0. The van der Waals surface area contributed by atoms with Crippen LogP contribution in [-0.4, -0.2) is 84.2 Å². The third-order valence-corrected chi connectivity index (χ3v) is 8.68. The molecule has 2 aromatic rings. The van der Waals surface area contributed by atoms with E-state index in [1.54, 1.807) is 11.8 Å². The quantitative estimate of drug-likeness (QED) is 0.339. The second-order valence-electron chi connectivity index (χ2n) is 12.7. The first-order valence-electron chi connectivity index (χ1n) is 15.2. The Morgan fingerprint density at radius 2 is 1.67 bits per heavy atom. The van der Waals surface area contributed by atoms with Crippen LogP contribution in [0.4, 0.5) is 32.0 Å². The van der Waals surface area contributed by atoms with Gasteiger partial charge in [0.05, 0.1) is 18.2 Å². The molecule has 2 fully saturated rings. The second kappa shape index (κ2) is 13.1. The lowest BCUT2D eigenvalue weighted by molar-refractivity contribution is -0.376. The Bertz CT molecular complexity index is 1400. The number of allylic oxidation sites excluding steroid dienone is 1. The molecular weight excluding hydrogens is 614 g/mol. The van der Waals surface area contributed by atoms with E-state index in [0.29, 0.717) is 38.1 Å². The van der Waals surface area contributed by atoms with E-state index in [9.17, 15) is 36.2 Å². The van der Waals surface area contributed by atoms with Crippen LogP contribution in [0.5, 0.6) is 5.75 Å². The van der Waals surface area contributed by atoms with Crippen LogP contribution < -0.4 is 15.0 Å². The lowest BCUT2D eigenvalue weighted by atomic mass is 9.89. The van der Waals surface area contributed by atoms with Crippen molar-refractivity contribution in [2.24, 2.45) is 0 Å². The number of amides is 1. The number of nitrogens with zero attached hydrogens (tertiary/aromatic N) is 3. The molecule has 13 heteroatoms. The highest BCUT2D eigenvalue weighted by atomic mass is 19.4. The Labute approximate surface area is 265 Å². The topological polar surface area (TPSA) is 68.3 Å². The van der Waals surface area contributed by atoms with E-state index in [0.717, 1.165) is 17.4 Å². The van der Waals surface area contributed by atoms with E-state index in [2.05, 4.69) is 12.2 Å². The fourth-order valence-corrected chi connectivity index (χ4v) is 6.26. The number of halogens is 6. The Hall–Kier alpha value is -3.29. The molecule has 2 aromatic carbocycles. The van der Waals surface area contributed by atoms with Crippen LogP contribution in [0.15, 0.2) is 48.5 Å². The fourth-order valence-electron chi connectivity index (χ4n) is 6.26. The number of ether oxygens (including phenoxy) is 1. The van der Waals surface area contributed by atoms with E-state index in [4.69, 9.17) is 4.74 Å². The van der Waals surface area contributed by atoms with Crippen LogP contribution in [0.25, 0.3) is 6.08 Å². The number of benzene rings is 2. The molecule has 2 saturated heterocycles. The summed E-state index contributed by atoms with van der Waals surface area (Å²) in [4.78, 5) is 19.2. The summed E-state index contributed by atoms with van der Waals surface area (Å²) in [5, 5.41) is 13.5. The van der Waals surface area contributed by atoms with Gasteiger partial charge in [-0.2, -0.15) is 26.3 Å². The van der Waals surface area contributed by atoms with Gasteiger partial charge in [0.25, 0.3) is 5.60 Å². The maximum atomic E-state index is 13.6. The van der Waals surface area contributed by atoms with Crippen LogP contribution in [0.2, 0.25) is 0 Å². The molecule has 0 radical (unpaired) electrons. The Morgan fingerprint density at radius 1 is 1.04 bits per heavy atom. The van der Waals surface area contributed by atoms with Gasteiger partial charge in [-0.15, -0.1) is 0 Å². The number of aliphatic hydroxyl groups is 1. The molecule has 254 valence electrons. The van der Waals surface area contributed by atoms with Crippen LogP contribution >= 0.6 is 0 Å². The lowest BCUT2D eigenvalue weighted by Gasteiger charge is -2.46. The summed E-state index contributed by atoms with van der Waals surface area (Å²) in [5.74, 6) is 0.711. The van der Waals surface area contributed by atoms with Crippen LogP contribution in [0.1, 0.15) is 58.2 Å². The molecule has 3 atom stereocenters. The van der Waals surface area contributed by atoms with Crippen molar-refractivity contribution in [1.29, 1.82) is 0 Å². The zero-order chi connectivity index (χ0) is 34.2. The molecule has 1 amide bonds. The van der Waals surface area contributed by atoms with E-state index >= 15 is 0 Å². The zero-order valence-electron chi connectivity index (χ0n) is 26.8. The van der Waals surface area contributed by atoms with Gasteiger partial charge in [-0.25, -0.2) is 0 Å². The minimum absolute atomic E-state index is 0.0680. The van der Waals surface area contributed by atoms with Gasteiger partial charge in [0.15, 0.2) is 0 Å². The SMILES string of the molecule is C/C=C\c1cc(C(O)(C(F)(F)F)C(F)(F)F)ccc1N1C[C@@H](C)N(C(=O)CN2CN[C@@](C)(c3ccc(OC(C)C)cc3)C2)CC1C. The summed E-state index contributed by atoms with van der Waals surface area (Å²) in [5.41, 5.74) is -5.13. The van der Waals surface area contributed by atoms with Crippen LogP contribution in [0.3, 0.4) is 0 Å². The van der Waals surface area contributed by atoms with E-state index < -0.39 is 23.5 Å². The standard InChI is InChI=1S/C33H42F6N4O3/c1-7-8-24-15-26(31(45,32(34,35)36)33(37,38)39)11-14-28(24)42-16-23(5)43(17-22(42)4)29(44)18-41-19-30(6,40-20-41)25-9-12-27(13-10-25)46-21(2)3/h7-15,21-23,40,45H,16-20H2,1-6H3/b8-7-/t22?,23-,30-/m1/s1. The summed E-state index contributed by atoms with van der Waals surface area (Å²) in [6.45, 7) is 13.2. The minimum atomic E-state index is -5.98. The predicted octanol–water partition coefficient (Wildman–Crippen LogP) is 6.02. The number of rotatable bonds is 8. The van der Waals surface area contributed by atoms with Gasteiger partial charge < -0.3 is 19.6 Å². The van der Waals surface area contributed by atoms with E-state index in [1.165, 1.54) is 18.2 Å². The normalized spacial score (nSPS) is 23.5. The molecule has 4 rings (SSSR count). The summed E-state index contributed by atoms with van der Waals surface area (Å²) < 4.78 is 87.2. The van der Waals surface area contributed by atoms with Gasteiger partial charge in [-0.3, -0.25) is 15.0 Å². The molecule has 1 unspecified atom stereocenters. The van der Waals surface area contributed by atoms with Gasteiger partial charge >= 0.3 is 12.4 Å². The third-order valence-electron chi connectivity index (χ3n) is 8.68. The number of carbonyl (C=O) groups is 1. The average Bonchev–Trinajstić information content (AvgIpc) is 3.33. The molecule has 0 aromatic heterocycles. The maximum Gasteiger partial charge on any atom is 0.430 e. The number of alkyl halides is 6. The summed E-state index contributed by atoms with van der Waals surface area (Å²) in [6.07, 6.45) is -8.99. The molecule has 7 nitrogen and oxygen atoms in total. The second-order valence-corrected chi connectivity index (χ2v) is 12.7. The minimum Gasteiger partial charge on any atom is -0.491 e. The smallest absolute Gasteiger partial charge is 0.430 e. The molecule has 46 heavy (non-hydrogen) atoms. The monoisotopic (exact) mass is 656 g/mol. The largest absolute Gasteiger partial charge is 0.491 e. The van der Waals surface area contributed by atoms with Crippen LogP contribution in [0, 0.1) is 0 Å². The molecular formula is C33H42F6N4O3. The van der Waals surface area contributed by atoms with E-state index in [-0.39, 0.29) is 41.7 Å². The van der Waals surface area contributed by atoms with Crippen LogP contribution in [-0.2, 0) is 15.9 Å². The lowest BCUT2D eigenvalue weighted by Crippen LogP contribution is -2.59. The number of hydrogen-bond donors (Lipinski definition) is 2. The number of nitrogens with one attached hydrogen (secondary N) is 1. The fraction of sp³-hybridized carbons (Fsp3) is 0.545.